The van der Waals surface area contributed by atoms with Gasteiger partial charge in [-0.15, -0.1) is 0 Å². The molecule has 0 bridgehead atoms. The van der Waals surface area contributed by atoms with Crippen LogP contribution in [0.25, 0.3) is 49.8 Å². The van der Waals surface area contributed by atoms with Crippen LogP contribution in [0.5, 0.6) is 0 Å². The molecule has 3 nitrogen and oxygen atoms in total. The first kappa shape index (κ1) is 29.3. The molecule has 2 aliphatic rings. The van der Waals surface area contributed by atoms with Crippen molar-refractivity contribution in [2.75, 3.05) is 0 Å². The van der Waals surface area contributed by atoms with Crippen LogP contribution in [0.4, 0.5) is 0 Å². The van der Waals surface area contributed by atoms with Crippen LogP contribution in [0.1, 0.15) is 40.3 Å². The minimum Gasteiger partial charge on any atom is -0.297 e. The number of hydrogen-bond acceptors (Lipinski definition) is 1. The molecule has 0 aliphatic heterocycles. The van der Waals surface area contributed by atoms with E-state index in [-0.39, 0.29) is 0 Å². The van der Waals surface area contributed by atoms with E-state index in [2.05, 4.69) is 139 Å². The van der Waals surface area contributed by atoms with Gasteiger partial charge in [-0.05, 0) is 57.5 Å². The summed E-state index contributed by atoms with van der Waals surface area (Å²) >= 11 is 0. The monoisotopic (exact) mass is 651 g/mol. The molecular formula is C48H33N3. The second-order valence-electron chi connectivity index (χ2n) is 13.4. The number of rotatable bonds is 3. The molecule has 0 saturated carbocycles. The fourth-order valence-corrected chi connectivity index (χ4v) is 8.73. The van der Waals surface area contributed by atoms with E-state index >= 15 is 0 Å². The fraction of sp³-hybridized carbons (Fsp3) is 0.0417. The maximum Gasteiger partial charge on any atom is 0.161 e. The SMILES string of the molecule is C=C(/N=C(\N=C(/C)n1c2ccccc2c2ccc3c(c21)-c1ccccc1C31c2ccccc2-c2ccccc21)c1ccccc1)c1ccccc1. The summed E-state index contributed by atoms with van der Waals surface area (Å²) in [6, 6.07) is 60.6. The molecule has 1 aromatic heterocycles. The van der Waals surface area contributed by atoms with Gasteiger partial charge < -0.3 is 0 Å². The lowest BCUT2D eigenvalue weighted by atomic mass is 9.70. The highest BCUT2D eigenvalue weighted by Gasteiger charge is 2.52. The predicted octanol–water partition coefficient (Wildman–Crippen LogP) is 11.5. The Labute approximate surface area is 297 Å². The van der Waals surface area contributed by atoms with Crippen molar-refractivity contribution in [3.63, 3.8) is 0 Å². The summed E-state index contributed by atoms with van der Waals surface area (Å²) in [7, 11) is 0. The number of benzene rings is 7. The summed E-state index contributed by atoms with van der Waals surface area (Å²) in [4.78, 5) is 10.4. The summed E-state index contributed by atoms with van der Waals surface area (Å²) in [5.74, 6) is 1.46. The zero-order valence-electron chi connectivity index (χ0n) is 28.2. The molecule has 51 heavy (non-hydrogen) atoms. The Bertz CT molecular complexity index is 2720. The number of amidine groups is 1. The van der Waals surface area contributed by atoms with Crippen molar-refractivity contribution in [2.45, 2.75) is 12.3 Å². The highest BCUT2D eigenvalue weighted by Crippen LogP contribution is 2.63. The van der Waals surface area contributed by atoms with Gasteiger partial charge >= 0.3 is 0 Å². The van der Waals surface area contributed by atoms with E-state index in [9.17, 15) is 0 Å². The standard InChI is InChI=1S/C48H33N3/c1-31(33-17-5-3-6-18-33)49-47(34-19-7-4-8-20-34)50-32(2)51-44-28-16-12-23-37(44)38-29-30-43-45(46(38)51)39-24-11-15-27-42(39)48(43)40-25-13-9-21-35(40)36-22-10-14-26-41(36)48/h3-30H,1H2,2H3/b49-47-,50-32+. The largest absolute Gasteiger partial charge is 0.297 e. The van der Waals surface area contributed by atoms with Crippen molar-refractivity contribution < 1.29 is 0 Å². The number of aromatic nitrogens is 1. The molecule has 0 saturated heterocycles. The zero-order chi connectivity index (χ0) is 34.1. The van der Waals surface area contributed by atoms with Crippen LogP contribution >= 0.6 is 0 Å². The quantitative estimate of drug-likeness (QED) is 0.134. The van der Waals surface area contributed by atoms with E-state index in [1.54, 1.807) is 0 Å². The van der Waals surface area contributed by atoms with Gasteiger partial charge in [0.15, 0.2) is 5.84 Å². The Morgan fingerprint density at radius 3 is 1.69 bits per heavy atom. The Kier molecular flexibility index (Phi) is 6.46. The summed E-state index contributed by atoms with van der Waals surface area (Å²) in [5.41, 5.74) is 14.8. The van der Waals surface area contributed by atoms with Crippen molar-refractivity contribution in [2.24, 2.45) is 9.98 Å². The highest BCUT2D eigenvalue weighted by molar-refractivity contribution is 6.21. The molecule has 0 fully saturated rings. The molecule has 1 heterocycles. The summed E-state index contributed by atoms with van der Waals surface area (Å²) in [6.07, 6.45) is 0. The Hall–Kier alpha value is -6.58. The van der Waals surface area contributed by atoms with Gasteiger partial charge in [-0.25, -0.2) is 9.98 Å². The number of nitrogens with zero attached hydrogens (tertiary/aromatic N) is 3. The molecular weight excluding hydrogens is 619 g/mol. The average Bonchev–Trinajstić information content (AvgIpc) is 3.80. The summed E-state index contributed by atoms with van der Waals surface area (Å²) < 4.78 is 2.36. The first-order valence-corrected chi connectivity index (χ1v) is 17.5. The van der Waals surface area contributed by atoms with E-state index in [1.165, 1.54) is 55.3 Å². The van der Waals surface area contributed by atoms with Gasteiger partial charge in [0.2, 0.25) is 0 Å². The van der Waals surface area contributed by atoms with Gasteiger partial charge in [0.1, 0.15) is 5.84 Å². The average molecular weight is 652 g/mol. The molecule has 0 amide bonds. The normalized spacial score (nSPS) is 14.1. The van der Waals surface area contributed by atoms with E-state index < -0.39 is 5.41 Å². The number of aliphatic imine (C=N–C) groups is 2. The lowest BCUT2D eigenvalue weighted by Gasteiger charge is -2.30. The molecule has 8 aromatic rings. The number of para-hydroxylation sites is 1. The van der Waals surface area contributed by atoms with Gasteiger partial charge in [0.25, 0.3) is 0 Å². The molecule has 0 atom stereocenters. The second-order valence-corrected chi connectivity index (χ2v) is 13.4. The maximum absolute atomic E-state index is 5.37. The maximum atomic E-state index is 5.37. The topological polar surface area (TPSA) is 29.6 Å². The van der Waals surface area contributed by atoms with Crippen LogP contribution in [-0.2, 0) is 5.41 Å². The Balaban J connectivity index is 1.29. The van der Waals surface area contributed by atoms with Crippen molar-refractivity contribution in [1.29, 1.82) is 0 Å². The summed E-state index contributed by atoms with van der Waals surface area (Å²) in [5, 5.41) is 2.40. The third-order valence-corrected chi connectivity index (χ3v) is 10.8. The third-order valence-electron chi connectivity index (χ3n) is 10.8. The molecule has 2 aliphatic carbocycles. The molecule has 10 rings (SSSR count). The van der Waals surface area contributed by atoms with E-state index in [0.29, 0.717) is 11.5 Å². The molecule has 1 spiro atoms. The van der Waals surface area contributed by atoms with Crippen molar-refractivity contribution in [3.8, 4) is 22.3 Å². The van der Waals surface area contributed by atoms with Crippen LogP contribution in [0.15, 0.2) is 186 Å². The molecule has 0 radical (unpaired) electrons. The minimum absolute atomic E-state index is 0.427. The second kappa shape index (κ2) is 11.2. The van der Waals surface area contributed by atoms with Gasteiger partial charge in [-0.3, -0.25) is 4.57 Å². The van der Waals surface area contributed by atoms with E-state index in [1.807, 2.05) is 48.5 Å². The smallest absolute Gasteiger partial charge is 0.161 e. The first-order valence-electron chi connectivity index (χ1n) is 17.5. The van der Waals surface area contributed by atoms with E-state index in [0.717, 1.165) is 28.0 Å². The van der Waals surface area contributed by atoms with Gasteiger partial charge in [0.05, 0.1) is 22.1 Å². The molecule has 7 aromatic carbocycles. The molecule has 240 valence electrons. The van der Waals surface area contributed by atoms with Crippen molar-refractivity contribution in [3.05, 3.63) is 210 Å². The van der Waals surface area contributed by atoms with E-state index in [4.69, 9.17) is 9.98 Å². The van der Waals surface area contributed by atoms with Gasteiger partial charge in [0, 0.05) is 21.9 Å². The van der Waals surface area contributed by atoms with Crippen LogP contribution in [-0.4, -0.2) is 16.2 Å². The van der Waals surface area contributed by atoms with Gasteiger partial charge in [-0.2, -0.15) is 0 Å². The van der Waals surface area contributed by atoms with Crippen LogP contribution in [0.3, 0.4) is 0 Å². The van der Waals surface area contributed by atoms with Crippen LogP contribution in [0, 0.1) is 0 Å². The number of fused-ring (bicyclic) bond motifs is 14. The number of hydrogen-bond donors (Lipinski definition) is 0. The first-order chi connectivity index (χ1) is 25.2. The molecule has 3 heteroatoms. The van der Waals surface area contributed by atoms with Crippen LogP contribution < -0.4 is 0 Å². The lowest BCUT2D eigenvalue weighted by molar-refractivity contribution is 0.794. The molecule has 0 unspecified atom stereocenters. The fourth-order valence-electron chi connectivity index (χ4n) is 8.73. The Morgan fingerprint density at radius 2 is 1.02 bits per heavy atom. The van der Waals surface area contributed by atoms with Crippen LogP contribution in [0.2, 0.25) is 0 Å². The van der Waals surface area contributed by atoms with Gasteiger partial charge in [-0.1, -0.05) is 170 Å². The summed E-state index contributed by atoms with van der Waals surface area (Å²) in [6.45, 7) is 6.45. The van der Waals surface area contributed by atoms with Crippen molar-refractivity contribution >= 4 is 39.2 Å². The third kappa shape index (κ3) is 4.12. The predicted molar refractivity (Wildman–Crippen MR) is 213 cm³/mol. The lowest BCUT2D eigenvalue weighted by Crippen LogP contribution is -2.25. The Morgan fingerprint density at radius 1 is 0.490 bits per heavy atom. The minimum atomic E-state index is -0.427. The zero-order valence-corrected chi connectivity index (χ0v) is 28.2. The van der Waals surface area contributed by atoms with Crippen molar-refractivity contribution in [1.82, 2.24) is 4.57 Å². The highest BCUT2D eigenvalue weighted by atomic mass is 15.1. The molecule has 0 N–H and O–H groups in total.